The van der Waals surface area contributed by atoms with Gasteiger partial charge in [0.1, 0.15) is 11.2 Å². The second-order valence-electron chi connectivity index (χ2n) is 6.87. The molecule has 1 aliphatic rings. The van der Waals surface area contributed by atoms with Crippen molar-refractivity contribution in [2.24, 2.45) is 13.0 Å². The predicted molar refractivity (Wildman–Crippen MR) is 96.9 cm³/mol. The molecule has 4 heterocycles. The van der Waals surface area contributed by atoms with Crippen molar-refractivity contribution in [3.8, 4) is 11.5 Å². The molecule has 130 valence electrons. The maximum Gasteiger partial charge on any atom is 0.337 e. The van der Waals surface area contributed by atoms with E-state index in [1.165, 1.54) is 19.0 Å². The normalized spacial score (nSPS) is 14.3. The van der Waals surface area contributed by atoms with Crippen LogP contribution in [0.15, 0.2) is 36.7 Å². The minimum atomic E-state index is -1.00. The summed E-state index contributed by atoms with van der Waals surface area (Å²) in [6.07, 6.45) is 5.68. The number of rotatable bonds is 4. The maximum atomic E-state index is 11.2. The topological polar surface area (TPSA) is 85.8 Å². The van der Waals surface area contributed by atoms with Crippen LogP contribution in [-0.4, -0.2) is 35.2 Å². The molecule has 7 heteroatoms. The van der Waals surface area contributed by atoms with Crippen molar-refractivity contribution in [2.75, 3.05) is 0 Å². The molecule has 1 N–H and O–H groups in total. The summed E-state index contributed by atoms with van der Waals surface area (Å²) in [5.74, 6) is 0.463. The Labute approximate surface area is 148 Å². The first-order valence-corrected chi connectivity index (χ1v) is 8.62. The fourth-order valence-corrected chi connectivity index (χ4v) is 3.44. The van der Waals surface area contributed by atoms with Crippen LogP contribution in [0.25, 0.3) is 33.7 Å². The lowest BCUT2D eigenvalue weighted by atomic mass is 10.3. The molecule has 26 heavy (non-hydrogen) atoms. The van der Waals surface area contributed by atoms with Gasteiger partial charge in [0.15, 0.2) is 11.5 Å². The molecule has 0 aromatic carbocycles. The van der Waals surface area contributed by atoms with E-state index in [1.54, 1.807) is 6.07 Å². The van der Waals surface area contributed by atoms with E-state index in [2.05, 4.69) is 26.7 Å². The van der Waals surface area contributed by atoms with Crippen LogP contribution in [0.5, 0.6) is 0 Å². The smallest absolute Gasteiger partial charge is 0.337 e. The molecule has 0 spiro atoms. The van der Waals surface area contributed by atoms with Gasteiger partial charge in [0.2, 0.25) is 0 Å². The summed E-state index contributed by atoms with van der Waals surface area (Å²) in [4.78, 5) is 24.8. The zero-order valence-corrected chi connectivity index (χ0v) is 14.3. The lowest BCUT2D eigenvalue weighted by molar-refractivity contribution is 0.0696. The van der Waals surface area contributed by atoms with E-state index in [0.29, 0.717) is 17.1 Å². The highest BCUT2D eigenvalue weighted by molar-refractivity contribution is 5.92. The monoisotopic (exact) mass is 347 g/mol. The molecule has 0 radical (unpaired) electrons. The van der Waals surface area contributed by atoms with E-state index in [1.807, 2.05) is 23.9 Å². The van der Waals surface area contributed by atoms with Crippen molar-refractivity contribution in [2.45, 2.75) is 19.4 Å². The third kappa shape index (κ3) is 2.28. The Morgan fingerprint density at radius 3 is 2.88 bits per heavy atom. The van der Waals surface area contributed by atoms with Crippen LogP contribution in [-0.2, 0) is 13.6 Å². The van der Waals surface area contributed by atoms with Gasteiger partial charge in [-0.3, -0.25) is 0 Å². The highest BCUT2D eigenvalue weighted by Gasteiger charge is 2.26. The molecular weight excluding hydrogens is 330 g/mol. The lowest BCUT2D eigenvalue weighted by Gasteiger charge is -2.09. The van der Waals surface area contributed by atoms with Gasteiger partial charge in [-0.05, 0) is 43.0 Å². The maximum absolute atomic E-state index is 11.2. The third-order valence-corrected chi connectivity index (χ3v) is 4.98. The molecule has 0 unspecified atom stereocenters. The minimum Gasteiger partial charge on any atom is -0.478 e. The number of aryl methyl sites for hydroxylation is 1. The Bertz CT molecular complexity index is 1170. The van der Waals surface area contributed by atoms with Crippen LogP contribution < -0.4 is 0 Å². The van der Waals surface area contributed by atoms with Gasteiger partial charge < -0.3 is 14.2 Å². The van der Waals surface area contributed by atoms with E-state index >= 15 is 0 Å². The Kier molecular flexibility index (Phi) is 3.12. The lowest BCUT2D eigenvalue weighted by Crippen LogP contribution is -2.05. The summed E-state index contributed by atoms with van der Waals surface area (Å²) in [5.41, 5.74) is 3.34. The number of nitrogens with zero attached hydrogens (tertiary/aromatic N) is 5. The van der Waals surface area contributed by atoms with E-state index in [-0.39, 0.29) is 5.56 Å². The molecule has 0 bridgehead atoms. The minimum absolute atomic E-state index is 0.141. The molecule has 4 aromatic rings. The highest BCUT2D eigenvalue weighted by atomic mass is 16.4. The van der Waals surface area contributed by atoms with Crippen LogP contribution in [0.3, 0.4) is 0 Å². The second kappa shape index (κ2) is 5.39. The molecule has 1 fully saturated rings. The number of fused-ring (bicyclic) bond motifs is 2. The Hall–Kier alpha value is -3.22. The van der Waals surface area contributed by atoms with Crippen LogP contribution in [0.4, 0.5) is 0 Å². The molecule has 5 rings (SSSR count). The van der Waals surface area contributed by atoms with Crippen LogP contribution in [0, 0.1) is 5.92 Å². The molecular formula is C19H17N5O2. The Balaban J connectivity index is 1.74. The standard InChI is InChI=1S/C19H17N5O2/c1-23-17-14(7-13(9-21-17)19(25)26)22-18(23)15-8-12-3-2-6-20-16(12)24(15)10-11-4-5-11/h2-3,6-9,11H,4-5,10H2,1H3,(H,25,26). The summed E-state index contributed by atoms with van der Waals surface area (Å²) in [6, 6.07) is 7.66. The summed E-state index contributed by atoms with van der Waals surface area (Å²) in [6.45, 7) is 0.923. The van der Waals surface area contributed by atoms with Crippen LogP contribution >= 0.6 is 0 Å². The van der Waals surface area contributed by atoms with Crippen molar-refractivity contribution in [3.05, 3.63) is 42.2 Å². The summed E-state index contributed by atoms with van der Waals surface area (Å²) in [5, 5.41) is 10.3. The Morgan fingerprint density at radius 1 is 1.27 bits per heavy atom. The van der Waals surface area contributed by atoms with Gasteiger partial charge in [-0.1, -0.05) is 0 Å². The van der Waals surface area contributed by atoms with Crippen molar-refractivity contribution in [1.82, 2.24) is 24.1 Å². The summed E-state index contributed by atoms with van der Waals surface area (Å²) >= 11 is 0. The van der Waals surface area contributed by atoms with Gasteiger partial charge in [-0.2, -0.15) is 0 Å². The fraction of sp³-hybridized carbons (Fsp3) is 0.263. The van der Waals surface area contributed by atoms with Crippen molar-refractivity contribution in [3.63, 3.8) is 0 Å². The number of hydrogen-bond donors (Lipinski definition) is 1. The average molecular weight is 347 g/mol. The quantitative estimate of drug-likeness (QED) is 0.613. The first kappa shape index (κ1) is 15.1. The SMILES string of the molecule is Cn1c(-c2cc3cccnc3n2CC2CC2)nc2cc(C(=O)O)cnc21. The zero-order valence-electron chi connectivity index (χ0n) is 14.3. The fourth-order valence-electron chi connectivity index (χ4n) is 3.44. The third-order valence-electron chi connectivity index (χ3n) is 4.98. The molecule has 0 amide bonds. The van der Waals surface area contributed by atoms with Crippen molar-refractivity contribution >= 4 is 28.2 Å². The molecule has 7 nitrogen and oxygen atoms in total. The zero-order chi connectivity index (χ0) is 17.8. The van der Waals surface area contributed by atoms with E-state index in [0.717, 1.165) is 29.1 Å². The van der Waals surface area contributed by atoms with E-state index in [4.69, 9.17) is 4.98 Å². The van der Waals surface area contributed by atoms with Crippen LogP contribution in [0.1, 0.15) is 23.2 Å². The molecule has 0 atom stereocenters. The van der Waals surface area contributed by atoms with E-state index < -0.39 is 5.97 Å². The largest absolute Gasteiger partial charge is 0.478 e. The van der Waals surface area contributed by atoms with Gasteiger partial charge in [0, 0.05) is 31.4 Å². The van der Waals surface area contributed by atoms with Crippen LogP contribution in [0.2, 0.25) is 0 Å². The van der Waals surface area contributed by atoms with E-state index in [9.17, 15) is 9.90 Å². The van der Waals surface area contributed by atoms with Gasteiger partial charge in [-0.25, -0.2) is 19.7 Å². The summed E-state index contributed by atoms with van der Waals surface area (Å²) in [7, 11) is 1.91. The number of carbonyl (C=O) groups is 1. The number of carboxylic acid groups (broad SMARTS) is 1. The molecule has 1 saturated carbocycles. The van der Waals surface area contributed by atoms with Gasteiger partial charge in [0.25, 0.3) is 0 Å². The number of aromatic carboxylic acids is 1. The van der Waals surface area contributed by atoms with Crippen molar-refractivity contribution < 1.29 is 9.90 Å². The van der Waals surface area contributed by atoms with Gasteiger partial charge in [0.05, 0.1) is 11.3 Å². The number of pyridine rings is 2. The first-order chi connectivity index (χ1) is 12.6. The average Bonchev–Trinajstić information content (AvgIpc) is 3.31. The van der Waals surface area contributed by atoms with Gasteiger partial charge >= 0.3 is 5.97 Å². The predicted octanol–water partition coefficient (Wildman–Crippen LogP) is 3.09. The number of imidazole rings is 1. The second-order valence-corrected chi connectivity index (χ2v) is 6.87. The molecule has 4 aromatic heterocycles. The van der Waals surface area contributed by atoms with Crippen molar-refractivity contribution in [1.29, 1.82) is 0 Å². The first-order valence-electron chi connectivity index (χ1n) is 8.62. The highest BCUT2D eigenvalue weighted by Crippen LogP contribution is 2.35. The summed E-state index contributed by atoms with van der Waals surface area (Å²) < 4.78 is 4.14. The molecule has 0 saturated heterocycles. The number of aromatic nitrogens is 5. The number of hydrogen-bond acceptors (Lipinski definition) is 4. The molecule has 0 aliphatic heterocycles. The molecule has 1 aliphatic carbocycles. The number of carboxylic acids is 1. The van der Waals surface area contributed by atoms with Gasteiger partial charge in [-0.15, -0.1) is 0 Å². The Morgan fingerprint density at radius 2 is 2.12 bits per heavy atom.